The fourth-order valence-corrected chi connectivity index (χ4v) is 3.43. The van der Waals surface area contributed by atoms with Crippen LogP contribution in [-0.2, 0) is 12.8 Å². The van der Waals surface area contributed by atoms with Gasteiger partial charge in [-0.15, -0.1) is 5.75 Å². The van der Waals surface area contributed by atoms with Gasteiger partial charge < -0.3 is 19.7 Å². The van der Waals surface area contributed by atoms with Gasteiger partial charge in [0.15, 0.2) is 11.5 Å². The third-order valence-corrected chi connectivity index (χ3v) is 4.71. The summed E-state index contributed by atoms with van der Waals surface area (Å²) >= 11 is 0. The molecule has 5 heteroatoms. The van der Waals surface area contributed by atoms with Crippen molar-refractivity contribution in [2.45, 2.75) is 18.9 Å². The van der Waals surface area contributed by atoms with Gasteiger partial charge in [-0.05, 0) is 31.0 Å². The van der Waals surface area contributed by atoms with E-state index in [0.717, 1.165) is 36.1 Å². The lowest BCUT2D eigenvalue weighted by molar-refractivity contribution is -0.270. The first-order valence-corrected chi connectivity index (χ1v) is 7.96. The molecule has 0 saturated heterocycles. The fourth-order valence-electron chi connectivity index (χ4n) is 3.43. The van der Waals surface area contributed by atoms with Crippen LogP contribution in [0.1, 0.15) is 22.7 Å². The van der Waals surface area contributed by atoms with Crippen LogP contribution in [-0.4, -0.2) is 32.7 Å². The summed E-state index contributed by atoms with van der Waals surface area (Å²) in [5.41, 5.74) is 3.09. The Kier molecular flexibility index (Phi) is 4.53. The van der Waals surface area contributed by atoms with E-state index in [1.54, 1.807) is 25.3 Å². The zero-order valence-corrected chi connectivity index (χ0v) is 14.2. The van der Waals surface area contributed by atoms with E-state index in [9.17, 15) is 10.2 Å². The summed E-state index contributed by atoms with van der Waals surface area (Å²) in [5.74, 6) is 0.663. The number of hydrogen-bond acceptors (Lipinski definition) is 5. The van der Waals surface area contributed by atoms with Gasteiger partial charge in [0.05, 0.1) is 14.2 Å². The Balaban J connectivity index is 2.03. The second kappa shape index (κ2) is 6.61. The number of ether oxygens (including phenoxy) is 2. The molecule has 0 aromatic heterocycles. The molecule has 24 heavy (non-hydrogen) atoms. The molecular formula is C19H21NO4-2. The summed E-state index contributed by atoms with van der Waals surface area (Å²) in [7, 11) is 5.11. The smallest absolute Gasteiger partial charge is 0.163 e. The Morgan fingerprint density at radius 2 is 1.75 bits per heavy atom. The lowest BCUT2D eigenvalue weighted by atomic mass is 9.88. The molecule has 0 amide bonds. The summed E-state index contributed by atoms with van der Waals surface area (Å²) in [6, 6.07) is 8.59. The summed E-state index contributed by atoms with van der Waals surface area (Å²) < 4.78 is 10.7. The van der Waals surface area contributed by atoms with Crippen molar-refractivity contribution in [2.75, 3.05) is 27.8 Å². The first-order valence-electron chi connectivity index (χ1n) is 7.96. The molecule has 0 spiro atoms. The summed E-state index contributed by atoms with van der Waals surface area (Å²) in [4.78, 5) is 2.23. The van der Waals surface area contributed by atoms with Crippen molar-refractivity contribution in [3.8, 4) is 23.0 Å². The number of likely N-dealkylation sites (N-methyl/N-ethyl adjacent to an activating group) is 1. The predicted molar refractivity (Wildman–Crippen MR) is 87.7 cm³/mol. The molecule has 1 aliphatic rings. The zero-order chi connectivity index (χ0) is 17.3. The van der Waals surface area contributed by atoms with Gasteiger partial charge in [-0.1, -0.05) is 36.1 Å². The van der Waals surface area contributed by atoms with Crippen LogP contribution in [0.2, 0.25) is 0 Å². The molecule has 2 aromatic rings. The maximum absolute atomic E-state index is 12.4. The molecule has 1 atom stereocenters. The topological polar surface area (TPSA) is 67.8 Å². The molecule has 0 fully saturated rings. The lowest BCUT2D eigenvalue weighted by Gasteiger charge is -2.37. The Morgan fingerprint density at radius 3 is 2.38 bits per heavy atom. The maximum Gasteiger partial charge on any atom is 0.163 e. The zero-order valence-electron chi connectivity index (χ0n) is 14.2. The van der Waals surface area contributed by atoms with Crippen LogP contribution in [0.15, 0.2) is 30.3 Å². The molecule has 5 nitrogen and oxygen atoms in total. The standard InChI is InChI=1S/C19H23NO4/c1-20-9-8-14-15(11-17(22)19(24-3)18(14)23-2)16(20)10-12-4-6-13(21)7-5-12/h4-7,11,16,21-22H,8-10H2,1-3H3/p-2/t16-/m1/s1. The van der Waals surface area contributed by atoms with Gasteiger partial charge in [0.2, 0.25) is 0 Å². The van der Waals surface area contributed by atoms with Crippen molar-refractivity contribution in [1.82, 2.24) is 4.90 Å². The largest absolute Gasteiger partial charge is 0.872 e. The second-order valence-electron chi connectivity index (χ2n) is 6.10. The molecule has 0 unspecified atom stereocenters. The van der Waals surface area contributed by atoms with Crippen LogP contribution in [0.5, 0.6) is 23.0 Å². The van der Waals surface area contributed by atoms with Crippen molar-refractivity contribution in [3.05, 3.63) is 47.0 Å². The highest BCUT2D eigenvalue weighted by molar-refractivity contribution is 5.59. The number of benzene rings is 2. The number of hydrogen-bond donors (Lipinski definition) is 0. The first kappa shape index (κ1) is 16.5. The summed E-state index contributed by atoms with van der Waals surface area (Å²) in [6.07, 6.45) is 1.54. The van der Waals surface area contributed by atoms with Gasteiger partial charge >= 0.3 is 0 Å². The highest BCUT2D eigenvalue weighted by atomic mass is 16.5. The molecule has 0 bridgehead atoms. The van der Waals surface area contributed by atoms with Crippen molar-refractivity contribution in [3.63, 3.8) is 0 Å². The Hall–Kier alpha value is -2.40. The van der Waals surface area contributed by atoms with Crippen LogP contribution in [0.3, 0.4) is 0 Å². The number of methoxy groups -OCH3 is 2. The quantitative estimate of drug-likeness (QED) is 0.854. The van der Waals surface area contributed by atoms with E-state index in [-0.39, 0.29) is 23.3 Å². The van der Waals surface area contributed by atoms with Crippen LogP contribution in [0.4, 0.5) is 0 Å². The molecule has 128 valence electrons. The third kappa shape index (κ3) is 2.87. The average molecular weight is 327 g/mol. The normalized spacial score (nSPS) is 17.4. The highest BCUT2D eigenvalue weighted by Crippen LogP contribution is 2.45. The maximum atomic E-state index is 12.4. The predicted octanol–water partition coefficient (Wildman–Crippen LogP) is 1.62. The highest BCUT2D eigenvalue weighted by Gasteiger charge is 2.29. The number of nitrogens with zero attached hydrogens (tertiary/aromatic N) is 1. The monoisotopic (exact) mass is 327 g/mol. The molecule has 0 aliphatic carbocycles. The number of rotatable bonds is 4. The SMILES string of the molecule is COc1c([O-])cc2c(c1OC)CCN(C)[C@@H]2Cc1ccc([O-])cc1. The molecule has 1 heterocycles. The van der Waals surface area contributed by atoms with Gasteiger partial charge in [0.25, 0.3) is 0 Å². The van der Waals surface area contributed by atoms with Crippen molar-refractivity contribution in [2.24, 2.45) is 0 Å². The van der Waals surface area contributed by atoms with E-state index in [4.69, 9.17) is 9.47 Å². The van der Waals surface area contributed by atoms with Crippen LogP contribution < -0.4 is 19.7 Å². The van der Waals surface area contributed by atoms with E-state index in [0.29, 0.717) is 5.75 Å². The van der Waals surface area contributed by atoms with E-state index in [1.807, 2.05) is 12.1 Å². The van der Waals surface area contributed by atoms with Gasteiger partial charge in [0.1, 0.15) is 0 Å². The van der Waals surface area contributed by atoms with Crippen LogP contribution in [0.25, 0.3) is 0 Å². The average Bonchev–Trinajstić information content (AvgIpc) is 2.58. The second-order valence-corrected chi connectivity index (χ2v) is 6.10. The minimum Gasteiger partial charge on any atom is -0.872 e. The Bertz CT molecular complexity index is 727. The van der Waals surface area contributed by atoms with Crippen molar-refractivity contribution < 1.29 is 19.7 Å². The van der Waals surface area contributed by atoms with Gasteiger partial charge in [-0.2, -0.15) is 0 Å². The molecule has 0 radical (unpaired) electrons. The fraction of sp³-hybridized carbons (Fsp3) is 0.368. The lowest BCUT2D eigenvalue weighted by Crippen LogP contribution is -2.34. The molecular weight excluding hydrogens is 306 g/mol. The Labute approximate surface area is 142 Å². The van der Waals surface area contributed by atoms with E-state index in [1.165, 1.54) is 7.11 Å². The van der Waals surface area contributed by atoms with Crippen LogP contribution >= 0.6 is 0 Å². The molecule has 2 aromatic carbocycles. The van der Waals surface area contributed by atoms with Gasteiger partial charge in [0, 0.05) is 18.2 Å². The minimum atomic E-state index is -0.164. The molecule has 3 rings (SSSR count). The molecule has 1 aliphatic heterocycles. The van der Waals surface area contributed by atoms with E-state index in [2.05, 4.69) is 11.9 Å². The van der Waals surface area contributed by atoms with Crippen molar-refractivity contribution >= 4 is 0 Å². The molecule has 0 saturated carbocycles. The Morgan fingerprint density at radius 1 is 1.08 bits per heavy atom. The first-order chi connectivity index (χ1) is 11.5. The van der Waals surface area contributed by atoms with Gasteiger partial charge in [-0.3, -0.25) is 4.90 Å². The summed E-state index contributed by atoms with van der Waals surface area (Å²) in [6.45, 7) is 0.870. The summed E-state index contributed by atoms with van der Waals surface area (Å²) in [5, 5.41) is 23.7. The van der Waals surface area contributed by atoms with Crippen molar-refractivity contribution in [1.29, 1.82) is 0 Å². The van der Waals surface area contributed by atoms with Crippen LogP contribution in [0, 0.1) is 0 Å². The molecule has 0 N–H and O–H groups in total. The minimum absolute atomic E-state index is 0.00407. The van der Waals surface area contributed by atoms with Gasteiger partial charge in [-0.25, -0.2) is 0 Å². The third-order valence-electron chi connectivity index (χ3n) is 4.71. The van der Waals surface area contributed by atoms with E-state index >= 15 is 0 Å². The van der Waals surface area contributed by atoms with E-state index < -0.39 is 0 Å². The number of fused-ring (bicyclic) bond motifs is 1.